The maximum absolute atomic E-state index is 11.3. The molecule has 3 heteroatoms. The summed E-state index contributed by atoms with van der Waals surface area (Å²) in [6, 6.07) is 24.1. The van der Waals surface area contributed by atoms with Crippen molar-refractivity contribution in [2.45, 2.75) is 45.8 Å². The van der Waals surface area contributed by atoms with Gasteiger partial charge in [-0.15, -0.1) is 0 Å². The SMILES string of the molecule is CC(C)(C)c1cc(CC=O)c(OCc2ccccc2)cc1OCc1ccccc1. The minimum absolute atomic E-state index is 0.123. The van der Waals surface area contributed by atoms with Crippen LogP contribution in [0.25, 0.3) is 0 Å². The predicted octanol–water partition coefficient (Wildman–Crippen LogP) is 5.88. The minimum Gasteiger partial charge on any atom is -0.488 e. The van der Waals surface area contributed by atoms with E-state index in [0.717, 1.165) is 34.3 Å². The first-order valence-corrected chi connectivity index (χ1v) is 9.92. The molecule has 3 rings (SSSR count). The highest BCUT2D eigenvalue weighted by molar-refractivity contribution is 5.60. The second-order valence-electron chi connectivity index (χ2n) is 8.13. The van der Waals surface area contributed by atoms with Crippen LogP contribution < -0.4 is 9.47 Å². The summed E-state index contributed by atoms with van der Waals surface area (Å²) in [6.07, 6.45) is 1.23. The van der Waals surface area contributed by atoms with E-state index in [1.165, 1.54) is 0 Å². The van der Waals surface area contributed by atoms with Crippen molar-refractivity contribution >= 4 is 6.29 Å². The second-order valence-corrected chi connectivity index (χ2v) is 8.13. The van der Waals surface area contributed by atoms with Crippen LogP contribution >= 0.6 is 0 Å². The van der Waals surface area contributed by atoms with E-state index < -0.39 is 0 Å². The van der Waals surface area contributed by atoms with E-state index in [4.69, 9.17) is 9.47 Å². The molecule has 0 unspecified atom stereocenters. The molecule has 0 fully saturated rings. The number of rotatable bonds is 8. The van der Waals surface area contributed by atoms with E-state index in [1.807, 2.05) is 66.7 Å². The van der Waals surface area contributed by atoms with E-state index in [9.17, 15) is 4.79 Å². The zero-order chi connectivity index (χ0) is 20.7. The molecule has 0 saturated heterocycles. The fourth-order valence-corrected chi connectivity index (χ4v) is 3.17. The molecule has 0 aliphatic heterocycles. The molecule has 150 valence electrons. The smallest absolute Gasteiger partial charge is 0.127 e. The first kappa shape index (κ1) is 20.7. The van der Waals surface area contributed by atoms with E-state index in [2.05, 4.69) is 26.8 Å². The molecule has 0 aliphatic rings. The van der Waals surface area contributed by atoms with Crippen LogP contribution in [0.5, 0.6) is 11.5 Å². The maximum Gasteiger partial charge on any atom is 0.127 e. The lowest BCUT2D eigenvalue weighted by atomic mass is 9.85. The highest BCUT2D eigenvalue weighted by Crippen LogP contribution is 2.37. The van der Waals surface area contributed by atoms with Gasteiger partial charge in [-0.25, -0.2) is 0 Å². The van der Waals surface area contributed by atoms with Crippen LogP contribution in [0.3, 0.4) is 0 Å². The van der Waals surface area contributed by atoms with Crippen molar-refractivity contribution in [3.05, 3.63) is 95.1 Å². The summed E-state index contributed by atoms with van der Waals surface area (Å²) < 4.78 is 12.3. The monoisotopic (exact) mass is 388 g/mol. The van der Waals surface area contributed by atoms with Crippen molar-refractivity contribution in [1.29, 1.82) is 0 Å². The van der Waals surface area contributed by atoms with Gasteiger partial charge in [0.05, 0.1) is 0 Å². The average molecular weight is 389 g/mol. The lowest BCUT2D eigenvalue weighted by Gasteiger charge is -2.25. The average Bonchev–Trinajstić information content (AvgIpc) is 2.72. The van der Waals surface area contributed by atoms with E-state index in [1.54, 1.807) is 0 Å². The Morgan fingerprint density at radius 2 is 1.28 bits per heavy atom. The van der Waals surface area contributed by atoms with Crippen LogP contribution in [-0.2, 0) is 29.8 Å². The molecule has 3 aromatic rings. The Labute approximate surface area is 173 Å². The molecule has 0 saturated carbocycles. The van der Waals surface area contributed by atoms with Gasteiger partial charge in [0.2, 0.25) is 0 Å². The van der Waals surface area contributed by atoms with Crippen molar-refractivity contribution in [3.8, 4) is 11.5 Å². The number of benzene rings is 3. The molecular formula is C26H28O3. The van der Waals surface area contributed by atoms with E-state index in [0.29, 0.717) is 25.4 Å². The summed E-state index contributed by atoms with van der Waals surface area (Å²) in [5.74, 6) is 1.48. The Morgan fingerprint density at radius 3 is 1.76 bits per heavy atom. The summed E-state index contributed by atoms with van der Waals surface area (Å²) in [4.78, 5) is 11.3. The lowest BCUT2D eigenvalue weighted by molar-refractivity contribution is -0.107. The van der Waals surface area contributed by atoms with Gasteiger partial charge in [0.1, 0.15) is 31.0 Å². The molecule has 0 aliphatic carbocycles. The Hall–Kier alpha value is -3.07. The van der Waals surface area contributed by atoms with Crippen LogP contribution in [0.15, 0.2) is 72.8 Å². The molecule has 0 radical (unpaired) electrons. The van der Waals surface area contributed by atoms with Crippen LogP contribution in [-0.4, -0.2) is 6.29 Å². The van der Waals surface area contributed by atoms with Gasteiger partial charge in [0, 0.05) is 23.6 Å². The topological polar surface area (TPSA) is 35.5 Å². The summed E-state index contributed by atoms with van der Waals surface area (Å²) in [7, 11) is 0. The fourth-order valence-electron chi connectivity index (χ4n) is 3.17. The standard InChI is InChI=1S/C26H28O3/c1-26(2,3)23-16-22(14-15-27)24(28-18-20-10-6-4-7-11-20)17-25(23)29-19-21-12-8-5-9-13-21/h4-13,15-17H,14,18-19H2,1-3H3. The highest BCUT2D eigenvalue weighted by atomic mass is 16.5. The minimum atomic E-state index is -0.123. The molecular weight excluding hydrogens is 360 g/mol. The van der Waals surface area contributed by atoms with E-state index in [-0.39, 0.29) is 5.41 Å². The van der Waals surface area contributed by atoms with Crippen LogP contribution in [0.2, 0.25) is 0 Å². The number of hydrogen-bond acceptors (Lipinski definition) is 3. The van der Waals surface area contributed by atoms with E-state index >= 15 is 0 Å². The zero-order valence-electron chi connectivity index (χ0n) is 17.4. The van der Waals surface area contributed by atoms with Gasteiger partial charge in [-0.2, -0.15) is 0 Å². The number of ether oxygens (including phenoxy) is 2. The highest BCUT2D eigenvalue weighted by Gasteiger charge is 2.22. The maximum atomic E-state index is 11.3. The van der Waals surface area contributed by atoms with Gasteiger partial charge in [0.25, 0.3) is 0 Å². The Kier molecular flexibility index (Phi) is 6.71. The van der Waals surface area contributed by atoms with Crippen LogP contribution in [0.4, 0.5) is 0 Å². The van der Waals surface area contributed by atoms with Crippen molar-refractivity contribution < 1.29 is 14.3 Å². The van der Waals surface area contributed by atoms with Crippen LogP contribution in [0.1, 0.15) is 43.0 Å². The summed E-state index contributed by atoms with van der Waals surface area (Å²) in [5, 5.41) is 0. The molecule has 3 aromatic carbocycles. The summed E-state index contributed by atoms with van der Waals surface area (Å²) >= 11 is 0. The normalized spacial score (nSPS) is 11.1. The Balaban J connectivity index is 1.91. The Morgan fingerprint density at radius 1 is 0.759 bits per heavy atom. The summed E-state index contributed by atoms with van der Waals surface area (Å²) in [5.41, 5.74) is 4.01. The van der Waals surface area contributed by atoms with Crippen molar-refractivity contribution in [2.24, 2.45) is 0 Å². The number of hydrogen-bond donors (Lipinski definition) is 0. The third-order valence-corrected chi connectivity index (χ3v) is 4.75. The predicted molar refractivity (Wildman–Crippen MR) is 116 cm³/mol. The van der Waals surface area contributed by atoms with Crippen molar-refractivity contribution in [1.82, 2.24) is 0 Å². The van der Waals surface area contributed by atoms with Crippen molar-refractivity contribution in [2.75, 3.05) is 0 Å². The largest absolute Gasteiger partial charge is 0.488 e. The molecule has 0 heterocycles. The fraction of sp³-hybridized carbons (Fsp3) is 0.269. The lowest BCUT2D eigenvalue weighted by Crippen LogP contribution is -2.15. The molecule has 0 atom stereocenters. The first-order chi connectivity index (χ1) is 14.0. The van der Waals surface area contributed by atoms with Crippen molar-refractivity contribution in [3.63, 3.8) is 0 Å². The molecule has 3 nitrogen and oxygen atoms in total. The van der Waals surface area contributed by atoms with Gasteiger partial charge in [-0.3, -0.25) is 0 Å². The van der Waals surface area contributed by atoms with Gasteiger partial charge in [-0.05, 0) is 22.6 Å². The number of aldehydes is 1. The molecule has 0 spiro atoms. The summed E-state index contributed by atoms with van der Waals surface area (Å²) in [6.45, 7) is 7.36. The second kappa shape index (κ2) is 9.42. The van der Waals surface area contributed by atoms with Gasteiger partial charge < -0.3 is 14.3 Å². The number of carbonyl (C=O) groups is 1. The van der Waals surface area contributed by atoms with Crippen LogP contribution in [0, 0.1) is 0 Å². The van der Waals surface area contributed by atoms with Gasteiger partial charge in [-0.1, -0.05) is 81.4 Å². The third-order valence-electron chi connectivity index (χ3n) is 4.75. The molecule has 0 amide bonds. The third kappa shape index (κ3) is 5.71. The van der Waals surface area contributed by atoms with Gasteiger partial charge in [0.15, 0.2) is 0 Å². The molecule has 0 bridgehead atoms. The quantitative estimate of drug-likeness (QED) is 0.452. The molecule has 0 N–H and O–H groups in total. The zero-order valence-corrected chi connectivity index (χ0v) is 17.4. The number of carbonyl (C=O) groups excluding carboxylic acids is 1. The molecule has 29 heavy (non-hydrogen) atoms. The first-order valence-electron chi connectivity index (χ1n) is 9.92. The van der Waals surface area contributed by atoms with Gasteiger partial charge >= 0.3 is 0 Å². The molecule has 0 aromatic heterocycles. The Bertz CT molecular complexity index is 925.